The van der Waals surface area contributed by atoms with Crippen molar-refractivity contribution < 1.29 is 18.0 Å². The fourth-order valence-corrected chi connectivity index (χ4v) is 2.60. The van der Waals surface area contributed by atoms with Crippen molar-refractivity contribution in [3.05, 3.63) is 71.7 Å². The molecule has 1 aromatic carbocycles. The highest BCUT2D eigenvalue weighted by molar-refractivity contribution is 5.93. The lowest BCUT2D eigenvalue weighted by Gasteiger charge is -2.11. The maximum Gasteiger partial charge on any atom is 0.435 e. The van der Waals surface area contributed by atoms with Crippen molar-refractivity contribution in [3.63, 3.8) is 0 Å². The van der Waals surface area contributed by atoms with E-state index in [-0.39, 0.29) is 23.8 Å². The minimum atomic E-state index is -4.56. The molecular weight excluding hydrogens is 357 g/mol. The second kappa shape index (κ2) is 7.22. The molecule has 0 atom stereocenters. The number of benzene rings is 1. The van der Waals surface area contributed by atoms with E-state index >= 15 is 0 Å². The van der Waals surface area contributed by atoms with Gasteiger partial charge >= 0.3 is 6.18 Å². The molecule has 0 bridgehead atoms. The van der Waals surface area contributed by atoms with E-state index in [4.69, 9.17) is 0 Å². The van der Waals surface area contributed by atoms with E-state index < -0.39 is 11.9 Å². The van der Waals surface area contributed by atoms with Crippen molar-refractivity contribution >= 4 is 5.91 Å². The third-order valence-corrected chi connectivity index (χ3v) is 3.93. The first kappa shape index (κ1) is 18.6. The van der Waals surface area contributed by atoms with Crippen LogP contribution in [0.4, 0.5) is 13.2 Å². The number of alkyl halides is 3. The molecule has 1 amide bonds. The molecule has 0 fully saturated rings. The monoisotopic (exact) mass is 374 g/mol. The minimum absolute atomic E-state index is 0.151. The Kier molecular flexibility index (Phi) is 4.98. The van der Waals surface area contributed by atoms with E-state index in [2.05, 4.69) is 10.1 Å². The van der Waals surface area contributed by atoms with Crippen molar-refractivity contribution in [2.45, 2.75) is 12.7 Å². The molecule has 5 nitrogen and oxygen atoms in total. The predicted octanol–water partition coefficient (Wildman–Crippen LogP) is 3.71. The van der Waals surface area contributed by atoms with Crippen LogP contribution in [0.5, 0.6) is 0 Å². The summed E-state index contributed by atoms with van der Waals surface area (Å²) < 4.78 is 40.9. The maximum atomic E-state index is 13.2. The summed E-state index contributed by atoms with van der Waals surface area (Å²) in [6, 6.07) is 13.1. The Hall–Kier alpha value is -3.16. The Balaban J connectivity index is 2.07. The van der Waals surface area contributed by atoms with Crippen LogP contribution >= 0.6 is 0 Å². The zero-order valence-electron chi connectivity index (χ0n) is 14.7. The molecule has 0 N–H and O–H groups in total. The zero-order chi connectivity index (χ0) is 19.6. The average molecular weight is 374 g/mol. The molecule has 3 rings (SSSR count). The van der Waals surface area contributed by atoms with Crippen LogP contribution in [-0.4, -0.2) is 39.7 Å². The van der Waals surface area contributed by atoms with E-state index in [9.17, 15) is 18.0 Å². The molecule has 0 saturated heterocycles. The van der Waals surface area contributed by atoms with Gasteiger partial charge < -0.3 is 4.90 Å². The topological polar surface area (TPSA) is 51.0 Å². The smallest absolute Gasteiger partial charge is 0.343 e. The van der Waals surface area contributed by atoms with Crippen LogP contribution in [0.2, 0.25) is 0 Å². The molecule has 0 saturated carbocycles. The number of pyridine rings is 1. The highest BCUT2D eigenvalue weighted by Crippen LogP contribution is 2.32. The summed E-state index contributed by atoms with van der Waals surface area (Å²) in [6.45, 7) is 0.172. The lowest BCUT2D eigenvalue weighted by Crippen LogP contribution is -2.22. The number of halogens is 3. The standard InChI is InChI=1S/C19H17F3N4O/c1-25(2)18(27)15-10-14(8-9-23-15)16-11-17(19(20,21)22)24-26(16)12-13-6-4-3-5-7-13/h3-11H,12H2,1-2H3. The van der Waals surface area contributed by atoms with Crippen LogP contribution in [0.3, 0.4) is 0 Å². The molecule has 0 radical (unpaired) electrons. The third-order valence-electron chi connectivity index (χ3n) is 3.93. The van der Waals surface area contributed by atoms with Gasteiger partial charge in [0.15, 0.2) is 5.69 Å². The van der Waals surface area contributed by atoms with E-state index in [1.54, 1.807) is 20.2 Å². The molecule has 8 heteroatoms. The fraction of sp³-hybridized carbons (Fsp3) is 0.211. The van der Waals surface area contributed by atoms with Crippen LogP contribution in [0.25, 0.3) is 11.3 Å². The summed E-state index contributed by atoms with van der Waals surface area (Å²) >= 11 is 0. The van der Waals surface area contributed by atoms with Crippen LogP contribution < -0.4 is 0 Å². The van der Waals surface area contributed by atoms with E-state index in [1.165, 1.54) is 21.8 Å². The minimum Gasteiger partial charge on any atom is -0.343 e. The maximum absolute atomic E-state index is 13.2. The van der Waals surface area contributed by atoms with Gasteiger partial charge in [-0.2, -0.15) is 18.3 Å². The number of hydrogen-bond donors (Lipinski definition) is 0. The van der Waals surface area contributed by atoms with Crippen LogP contribution in [-0.2, 0) is 12.7 Å². The van der Waals surface area contributed by atoms with Crippen molar-refractivity contribution in [1.29, 1.82) is 0 Å². The second-order valence-corrected chi connectivity index (χ2v) is 6.19. The van der Waals surface area contributed by atoms with Gasteiger partial charge in [0, 0.05) is 25.9 Å². The quantitative estimate of drug-likeness (QED) is 0.700. The lowest BCUT2D eigenvalue weighted by molar-refractivity contribution is -0.141. The van der Waals surface area contributed by atoms with Crippen molar-refractivity contribution in [1.82, 2.24) is 19.7 Å². The Labute approximate surface area is 154 Å². The molecule has 0 aliphatic heterocycles. The number of carbonyl (C=O) groups excluding carboxylic acids is 1. The lowest BCUT2D eigenvalue weighted by atomic mass is 10.1. The number of aromatic nitrogens is 3. The van der Waals surface area contributed by atoms with Gasteiger partial charge in [-0.1, -0.05) is 30.3 Å². The molecule has 2 aromatic heterocycles. The van der Waals surface area contributed by atoms with Gasteiger partial charge in [0.2, 0.25) is 0 Å². The van der Waals surface area contributed by atoms with Crippen LogP contribution in [0.15, 0.2) is 54.7 Å². The van der Waals surface area contributed by atoms with Crippen LogP contribution in [0, 0.1) is 0 Å². The van der Waals surface area contributed by atoms with Gasteiger partial charge in [0.25, 0.3) is 5.91 Å². The number of nitrogens with zero attached hydrogens (tertiary/aromatic N) is 4. The van der Waals surface area contributed by atoms with Crippen molar-refractivity contribution in [2.24, 2.45) is 0 Å². The number of carbonyl (C=O) groups is 1. The van der Waals surface area contributed by atoms with E-state index in [0.29, 0.717) is 5.56 Å². The summed E-state index contributed by atoms with van der Waals surface area (Å²) in [6.07, 6.45) is -3.16. The molecular formula is C19H17F3N4O. The number of hydrogen-bond acceptors (Lipinski definition) is 3. The Morgan fingerprint density at radius 3 is 2.44 bits per heavy atom. The summed E-state index contributed by atoms with van der Waals surface area (Å²) in [5, 5.41) is 3.74. The average Bonchev–Trinajstić information content (AvgIpc) is 3.06. The highest BCUT2D eigenvalue weighted by atomic mass is 19.4. The summed E-state index contributed by atoms with van der Waals surface area (Å²) in [4.78, 5) is 17.5. The molecule has 27 heavy (non-hydrogen) atoms. The first-order chi connectivity index (χ1) is 12.8. The molecule has 140 valence electrons. The van der Waals surface area contributed by atoms with Gasteiger partial charge in [-0.15, -0.1) is 0 Å². The number of amides is 1. The van der Waals surface area contributed by atoms with Crippen molar-refractivity contribution in [3.8, 4) is 11.3 Å². The normalized spacial score (nSPS) is 11.4. The van der Waals surface area contributed by atoms with Gasteiger partial charge in [0.1, 0.15) is 5.69 Å². The largest absolute Gasteiger partial charge is 0.435 e. The molecule has 0 spiro atoms. The molecule has 2 heterocycles. The molecule has 0 unspecified atom stereocenters. The van der Waals surface area contributed by atoms with Gasteiger partial charge in [-0.3, -0.25) is 14.5 Å². The summed E-state index contributed by atoms with van der Waals surface area (Å²) in [5.41, 5.74) is 0.689. The molecule has 3 aromatic rings. The van der Waals surface area contributed by atoms with Crippen molar-refractivity contribution in [2.75, 3.05) is 14.1 Å². The third kappa shape index (κ3) is 4.16. The highest BCUT2D eigenvalue weighted by Gasteiger charge is 2.35. The van der Waals surface area contributed by atoms with E-state index in [1.807, 2.05) is 30.3 Å². The van der Waals surface area contributed by atoms with Gasteiger partial charge in [-0.25, -0.2) is 0 Å². The first-order valence-electron chi connectivity index (χ1n) is 8.13. The molecule has 0 aliphatic carbocycles. The number of rotatable bonds is 4. The Morgan fingerprint density at radius 1 is 1.11 bits per heavy atom. The zero-order valence-corrected chi connectivity index (χ0v) is 14.7. The first-order valence-corrected chi connectivity index (χ1v) is 8.13. The second-order valence-electron chi connectivity index (χ2n) is 6.19. The summed E-state index contributed by atoms with van der Waals surface area (Å²) in [7, 11) is 3.16. The Bertz CT molecular complexity index is 949. The van der Waals surface area contributed by atoms with E-state index in [0.717, 1.165) is 11.6 Å². The predicted molar refractivity (Wildman–Crippen MR) is 94.0 cm³/mol. The Morgan fingerprint density at radius 2 is 1.81 bits per heavy atom. The van der Waals surface area contributed by atoms with Gasteiger partial charge in [-0.05, 0) is 23.8 Å². The molecule has 0 aliphatic rings. The SMILES string of the molecule is CN(C)C(=O)c1cc(-c2cc(C(F)(F)F)nn2Cc2ccccc2)ccn1. The summed E-state index contributed by atoms with van der Waals surface area (Å²) in [5.74, 6) is -0.331. The van der Waals surface area contributed by atoms with Gasteiger partial charge in [0.05, 0.1) is 12.2 Å². The fourth-order valence-electron chi connectivity index (χ4n) is 2.60. The van der Waals surface area contributed by atoms with Crippen LogP contribution in [0.1, 0.15) is 21.7 Å².